The van der Waals surface area contributed by atoms with Gasteiger partial charge in [-0.2, -0.15) is 0 Å². The topological polar surface area (TPSA) is 44.5 Å². The summed E-state index contributed by atoms with van der Waals surface area (Å²) in [5, 5.41) is 2.43. The van der Waals surface area contributed by atoms with Gasteiger partial charge in [-0.05, 0) is 22.8 Å². The van der Waals surface area contributed by atoms with E-state index in [9.17, 15) is 0 Å². The number of ether oxygens (including phenoxy) is 2. The van der Waals surface area contributed by atoms with Gasteiger partial charge >= 0.3 is 0 Å². The quantitative estimate of drug-likeness (QED) is 0.915. The Hall–Kier alpha value is -1.42. The highest BCUT2D eigenvalue weighted by molar-refractivity contribution is 5.86. The summed E-state index contributed by atoms with van der Waals surface area (Å²) in [6.07, 6.45) is 1.18. The predicted octanol–water partition coefficient (Wildman–Crippen LogP) is 2.65. The maximum Gasteiger partial charge on any atom is 0.0831 e. The minimum Gasteiger partial charge on any atom is -0.379 e. The molecular formula is C16H19NO2. The summed E-state index contributed by atoms with van der Waals surface area (Å²) in [4.78, 5) is 0. The highest BCUT2D eigenvalue weighted by atomic mass is 16.5. The standard InChI is InChI=1S/C16H19NO2/c17-16(11-19-13-8-9-18-10-13)15-7-3-5-12-4-1-2-6-14(12)15/h1-7,13,16H,8-11,17H2. The molecular weight excluding hydrogens is 238 g/mol. The predicted molar refractivity (Wildman–Crippen MR) is 76.1 cm³/mol. The van der Waals surface area contributed by atoms with Crippen LogP contribution in [0.4, 0.5) is 0 Å². The van der Waals surface area contributed by atoms with Gasteiger partial charge in [0.1, 0.15) is 0 Å². The zero-order valence-electron chi connectivity index (χ0n) is 10.9. The summed E-state index contributed by atoms with van der Waals surface area (Å²) in [7, 11) is 0. The van der Waals surface area contributed by atoms with Crippen molar-refractivity contribution in [2.24, 2.45) is 5.73 Å². The van der Waals surface area contributed by atoms with E-state index in [1.165, 1.54) is 10.8 Å². The average molecular weight is 257 g/mol. The lowest BCUT2D eigenvalue weighted by atomic mass is 10.00. The molecule has 0 amide bonds. The summed E-state index contributed by atoms with van der Waals surface area (Å²) < 4.78 is 11.1. The number of nitrogens with two attached hydrogens (primary N) is 1. The number of rotatable bonds is 4. The van der Waals surface area contributed by atoms with Gasteiger partial charge in [0.05, 0.1) is 25.4 Å². The van der Waals surface area contributed by atoms with E-state index in [2.05, 4.69) is 30.3 Å². The van der Waals surface area contributed by atoms with Gasteiger partial charge in [-0.15, -0.1) is 0 Å². The highest BCUT2D eigenvalue weighted by Gasteiger charge is 2.18. The van der Waals surface area contributed by atoms with Crippen LogP contribution in [0, 0.1) is 0 Å². The molecule has 2 aromatic rings. The van der Waals surface area contributed by atoms with Gasteiger partial charge in [0.15, 0.2) is 0 Å². The number of hydrogen-bond acceptors (Lipinski definition) is 3. The molecule has 19 heavy (non-hydrogen) atoms. The first-order chi connectivity index (χ1) is 9.34. The monoisotopic (exact) mass is 257 g/mol. The van der Waals surface area contributed by atoms with Crippen LogP contribution >= 0.6 is 0 Å². The van der Waals surface area contributed by atoms with Crippen molar-refractivity contribution in [1.82, 2.24) is 0 Å². The van der Waals surface area contributed by atoms with Gasteiger partial charge in [-0.1, -0.05) is 42.5 Å². The molecule has 1 aliphatic heterocycles. The number of fused-ring (bicyclic) bond motifs is 1. The second-order valence-corrected chi connectivity index (χ2v) is 4.99. The van der Waals surface area contributed by atoms with Crippen molar-refractivity contribution < 1.29 is 9.47 Å². The first-order valence-electron chi connectivity index (χ1n) is 6.77. The summed E-state index contributed by atoms with van der Waals surface area (Å²) >= 11 is 0. The van der Waals surface area contributed by atoms with E-state index in [1.54, 1.807) is 0 Å². The Kier molecular flexibility index (Phi) is 3.78. The molecule has 1 aliphatic rings. The lowest BCUT2D eigenvalue weighted by molar-refractivity contribution is 0.0351. The summed E-state index contributed by atoms with van der Waals surface area (Å²) in [5.74, 6) is 0. The molecule has 1 saturated heterocycles. The fourth-order valence-corrected chi connectivity index (χ4v) is 2.55. The maximum absolute atomic E-state index is 6.27. The molecule has 3 rings (SSSR count). The second kappa shape index (κ2) is 5.70. The van der Waals surface area contributed by atoms with E-state index < -0.39 is 0 Å². The van der Waals surface area contributed by atoms with E-state index in [0.29, 0.717) is 13.2 Å². The third-order valence-corrected chi connectivity index (χ3v) is 3.62. The van der Waals surface area contributed by atoms with Gasteiger partial charge in [-0.25, -0.2) is 0 Å². The number of hydrogen-bond donors (Lipinski definition) is 1. The van der Waals surface area contributed by atoms with Crippen molar-refractivity contribution in [1.29, 1.82) is 0 Å². The fourth-order valence-electron chi connectivity index (χ4n) is 2.55. The largest absolute Gasteiger partial charge is 0.379 e. The van der Waals surface area contributed by atoms with Crippen LogP contribution in [0.2, 0.25) is 0 Å². The molecule has 0 bridgehead atoms. The molecule has 0 radical (unpaired) electrons. The average Bonchev–Trinajstić information content (AvgIpc) is 2.97. The summed E-state index contributed by atoms with van der Waals surface area (Å²) in [6.45, 7) is 2.04. The van der Waals surface area contributed by atoms with Crippen LogP contribution in [0.3, 0.4) is 0 Å². The smallest absolute Gasteiger partial charge is 0.0831 e. The first kappa shape index (κ1) is 12.6. The Morgan fingerprint density at radius 3 is 2.89 bits per heavy atom. The normalized spacial score (nSPS) is 20.8. The van der Waals surface area contributed by atoms with E-state index in [-0.39, 0.29) is 12.1 Å². The molecule has 0 aromatic heterocycles. The number of benzene rings is 2. The van der Waals surface area contributed by atoms with Crippen LogP contribution in [0.15, 0.2) is 42.5 Å². The molecule has 2 aromatic carbocycles. The minimum atomic E-state index is -0.0910. The zero-order chi connectivity index (χ0) is 13.1. The first-order valence-corrected chi connectivity index (χ1v) is 6.77. The molecule has 0 aliphatic carbocycles. The van der Waals surface area contributed by atoms with Crippen LogP contribution in [-0.2, 0) is 9.47 Å². The van der Waals surface area contributed by atoms with Crippen molar-refractivity contribution in [3.63, 3.8) is 0 Å². The van der Waals surface area contributed by atoms with Crippen LogP contribution in [0.1, 0.15) is 18.0 Å². The Balaban J connectivity index is 1.75. The van der Waals surface area contributed by atoms with E-state index in [4.69, 9.17) is 15.2 Å². The molecule has 2 atom stereocenters. The Morgan fingerprint density at radius 1 is 1.21 bits per heavy atom. The molecule has 3 heteroatoms. The molecule has 100 valence electrons. The van der Waals surface area contributed by atoms with E-state index in [0.717, 1.165) is 18.6 Å². The molecule has 2 N–H and O–H groups in total. The van der Waals surface area contributed by atoms with Crippen LogP contribution in [0.5, 0.6) is 0 Å². The van der Waals surface area contributed by atoms with Crippen molar-refractivity contribution in [2.75, 3.05) is 19.8 Å². The van der Waals surface area contributed by atoms with Gasteiger partial charge in [0.25, 0.3) is 0 Å². The third kappa shape index (κ3) is 2.78. The SMILES string of the molecule is NC(COC1CCOC1)c1cccc2ccccc12. The molecule has 1 heterocycles. The Labute approximate surface area is 113 Å². The second-order valence-electron chi connectivity index (χ2n) is 4.99. The van der Waals surface area contributed by atoms with Gasteiger partial charge < -0.3 is 15.2 Å². The van der Waals surface area contributed by atoms with Crippen molar-refractivity contribution in [3.8, 4) is 0 Å². The van der Waals surface area contributed by atoms with Crippen molar-refractivity contribution in [3.05, 3.63) is 48.0 Å². The van der Waals surface area contributed by atoms with Gasteiger partial charge in [0, 0.05) is 6.61 Å². The van der Waals surface area contributed by atoms with Crippen LogP contribution in [-0.4, -0.2) is 25.9 Å². The minimum absolute atomic E-state index is 0.0910. The van der Waals surface area contributed by atoms with E-state index >= 15 is 0 Å². The van der Waals surface area contributed by atoms with Crippen molar-refractivity contribution >= 4 is 10.8 Å². The summed E-state index contributed by atoms with van der Waals surface area (Å²) in [6, 6.07) is 14.5. The van der Waals surface area contributed by atoms with Gasteiger partial charge in [-0.3, -0.25) is 0 Å². The molecule has 2 unspecified atom stereocenters. The van der Waals surface area contributed by atoms with Gasteiger partial charge in [0.2, 0.25) is 0 Å². The summed E-state index contributed by atoms with van der Waals surface area (Å²) in [5.41, 5.74) is 7.42. The van der Waals surface area contributed by atoms with Crippen molar-refractivity contribution in [2.45, 2.75) is 18.6 Å². The Bertz CT molecular complexity index is 544. The fraction of sp³-hybridized carbons (Fsp3) is 0.375. The lowest BCUT2D eigenvalue weighted by Crippen LogP contribution is -2.22. The highest BCUT2D eigenvalue weighted by Crippen LogP contribution is 2.23. The zero-order valence-corrected chi connectivity index (χ0v) is 10.9. The maximum atomic E-state index is 6.27. The Morgan fingerprint density at radius 2 is 2.05 bits per heavy atom. The van der Waals surface area contributed by atoms with E-state index in [1.807, 2.05) is 12.1 Å². The molecule has 0 saturated carbocycles. The molecule has 0 spiro atoms. The van der Waals surface area contributed by atoms with Crippen LogP contribution < -0.4 is 5.73 Å². The third-order valence-electron chi connectivity index (χ3n) is 3.62. The molecule has 1 fully saturated rings. The lowest BCUT2D eigenvalue weighted by Gasteiger charge is -2.17. The van der Waals surface area contributed by atoms with Crippen LogP contribution in [0.25, 0.3) is 10.8 Å². The molecule has 3 nitrogen and oxygen atoms in total.